The highest BCUT2D eigenvalue weighted by Gasteiger charge is 2.17. The summed E-state index contributed by atoms with van der Waals surface area (Å²) in [5.41, 5.74) is 1.70. The molecule has 0 radical (unpaired) electrons. The molecule has 2 aromatic carbocycles. The van der Waals surface area contributed by atoms with Gasteiger partial charge in [0.05, 0.1) is 17.7 Å². The number of ketones is 1. The van der Waals surface area contributed by atoms with Crippen molar-refractivity contribution < 1.29 is 27.8 Å². The first-order chi connectivity index (χ1) is 19.8. The Morgan fingerprint density at radius 1 is 0.927 bits per heavy atom. The molecule has 208 valence electrons. The summed E-state index contributed by atoms with van der Waals surface area (Å²) in [6, 6.07) is 17.6. The third-order valence-electron chi connectivity index (χ3n) is 6.30. The number of hydrogen-bond acceptors (Lipinski definition) is 7. The SMILES string of the molecule is COCCOc1ccc2nccc(Oc3ccc(CC(=O)c4ccc(C)n(-c5ccc(F)cc5)c4=O)cc3F)c2n1. The minimum Gasteiger partial charge on any atom is -0.475 e. The monoisotopic (exact) mass is 557 g/mol. The molecule has 0 N–H and O–H groups in total. The molecule has 0 aliphatic heterocycles. The predicted molar refractivity (Wildman–Crippen MR) is 148 cm³/mol. The van der Waals surface area contributed by atoms with Gasteiger partial charge in [-0.1, -0.05) is 6.07 Å². The first kappa shape index (κ1) is 27.6. The van der Waals surface area contributed by atoms with Crippen LogP contribution in [0.3, 0.4) is 0 Å². The quantitative estimate of drug-likeness (QED) is 0.163. The Hall–Kier alpha value is -4.96. The number of pyridine rings is 3. The van der Waals surface area contributed by atoms with Gasteiger partial charge in [0.25, 0.3) is 5.56 Å². The minimum atomic E-state index is -0.694. The summed E-state index contributed by atoms with van der Waals surface area (Å²) in [5, 5.41) is 0. The fraction of sp³-hybridized carbons (Fsp3) is 0.161. The number of ether oxygens (including phenoxy) is 3. The van der Waals surface area contributed by atoms with Crippen LogP contribution in [0.1, 0.15) is 21.6 Å². The van der Waals surface area contributed by atoms with Gasteiger partial charge >= 0.3 is 0 Å². The van der Waals surface area contributed by atoms with Crippen LogP contribution in [-0.2, 0) is 11.2 Å². The van der Waals surface area contributed by atoms with Crippen molar-refractivity contribution in [2.75, 3.05) is 20.3 Å². The molecule has 0 unspecified atom stereocenters. The highest BCUT2D eigenvalue weighted by Crippen LogP contribution is 2.31. The topological polar surface area (TPSA) is 92.5 Å². The number of methoxy groups -OCH3 is 1. The van der Waals surface area contributed by atoms with Crippen LogP contribution in [0.4, 0.5) is 8.78 Å². The van der Waals surface area contributed by atoms with Crippen LogP contribution in [0.25, 0.3) is 16.7 Å². The standard InChI is InChI=1S/C31H25F2N3O5/c1-19-3-9-23(31(38)36(19)22-7-5-21(32)6-8-22)26(37)18-20-4-11-27(24(33)17-20)41-28-13-14-34-25-10-12-29(35-30(25)28)40-16-15-39-2/h3-14,17H,15-16,18H2,1-2H3. The number of Topliss-reactive ketones (excluding diaryl/α,β-unsaturated/α-hetero) is 1. The van der Waals surface area contributed by atoms with Gasteiger partial charge in [0.15, 0.2) is 23.1 Å². The number of aromatic nitrogens is 3. The second-order valence-electron chi connectivity index (χ2n) is 9.14. The number of benzene rings is 2. The number of carbonyl (C=O) groups is 1. The Kier molecular flexibility index (Phi) is 8.11. The highest BCUT2D eigenvalue weighted by atomic mass is 19.1. The number of carbonyl (C=O) groups excluding carboxylic acids is 1. The van der Waals surface area contributed by atoms with Crippen LogP contribution < -0.4 is 15.0 Å². The number of hydrogen-bond donors (Lipinski definition) is 0. The third-order valence-corrected chi connectivity index (χ3v) is 6.30. The normalized spacial score (nSPS) is 11.0. The van der Waals surface area contributed by atoms with E-state index in [9.17, 15) is 14.0 Å². The fourth-order valence-electron chi connectivity index (χ4n) is 4.27. The molecule has 3 heterocycles. The number of halogens is 2. The van der Waals surface area contributed by atoms with Crippen molar-refractivity contribution in [3.63, 3.8) is 0 Å². The number of fused-ring (bicyclic) bond motifs is 1. The first-order valence-corrected chi connectivity index (χ1v) is 12.7. The van der Waals surface area contributed by atoms with Crippen molar-refractivity contribution in [2.45, 2.75) is 13.3 Å². The molecular formula is C31H25F2N3O5. The van der Waals surface area contributed by atoms with Crippen LogP contribution in [0, 0.1) is 18.6 Å². The summed E-state index contributed by atoms with van der Waals surface area (Å²) in [6.45, 7) is 2.41. The molecule has 0 saturated heterocycles. The van der Waals surface area contributed by atoms with E-state index in [0.717, 1.165) is 0 Å². The summed E-state index contributed by atoms with van der Waals surface area (Å²) in [5.74, 6) is -1.07. The van der Waals surface area contributed by atoms with E-state index in [0.29, 0.717) is 47.1 Å². The van der Waals surface area contributed by atoms with Crippen LogP contribution in [0.15, 0.2) is 83.8 Å². The van der Waals surface area contributed by atoms with Crippen LogP contribution in [0.5, 0.6) is 17.4 Å². The second-order valence-corrected chi connectivity index (χ2v) is 9.14. The molecule has 5 rings (SSSR count). The van der Waals surface area contributed by atoms with Crippen LogP contribution in [0.2, 0.25) is 0 Å². The van der Waals surface area contributed by atoms with E-state index in [1.54, 1.807) is 44.4 Å². The van der Waals surface area contributed by atoms with Gasteiger partial charge in [0.1, 0.15) is 17.9 Å². The molecule has 41 heavy (non-hydrogen) atoms. The lowest BCUT2D eigenvalue weighted by Crippen LogP contribution is -2.27. The lowest BCUT2D eigenvalue weighted by Gasteiger charge is -2.12. The Morgan fingerprint density at radius 2 is 1.73 bits per heavy atom. The molecule has 10 heteroatoms. The maximum atomic E-state index is 15.1. The molecule has 0 amide bonds. The summed E-state index contributed by atoms with van der Waals surface area (Å²) >= 11 is 0. The molecule has 3 aromatic heterocycles. The molecular weight excluding hydrogens is 532 g/mol. The maximum Gasteiger partial charge on any atom is 0.266 e. The lowest BCUT2D eigenvalue weighted by atomic mass is 10.0. The molecule has 0 atom stereocenters. The van der Waals surface area contributed by atoms with Gasteiger partial charge in [0.2, 0.25) is 5.88 Å². The third kappa shape index (κ3) is 6.12. The van der Waals surface area contributed by atoms with Crippen LogP contribution in [-0.4, -0.2) is 40.6 Å². The van der Waals surface area contributed by atoms with Gasteiger partial charge in [-0.05, 0) is 67.1 Å². The summed E-state index contributed by atoms with van der Waals surface area (Å²) in [7, 11) is 1.57. The van der Waals surface area contributed by atoms with E-state index in [2.05, 4.69) is 9.97 Å². The predicted octanol–water partition coefficient (Wildman–Crippen LogP) is 5.61. The van der Waals surface area contributed by atoms with Crippen molar-refractivity contribution in [1.29, 1.82) is 0 Å². The first-order valence-electron chi connectivity index (χ1n) is 12.7. The minimum absolute atomic E-state index is 0.0569. The van der Waals surface area contributed by atoms with E-state index in [4.69, 9.17) is 14.2 Å². The molecule has 0 fully saturated rings. The molecule has 5 aromatic rings. The van der Waals surface area contributed by atoms with Crippen molar-refractivity contribution in [1.82, 2.24) is 14.5 Å². The van der Waals surface area contributed by atoms with E-state index >= 15 is 4.39 Å². The summed E-state index contributed by atoms with van der Waals surface area (Å²) < 4.78 is 46.2. The van der Waals surface area contributed by atoms with Crippen molar-refractivity contribution in [2.24, 2.45) is 0 Å². The van der Waals surface area contributed by atoms with Gasteiger partial charge < -0.3 is 14.2 Å². The largest absolute Gasteiger partial charge is 0.475 e. The Labute approximate surface area is 233 Å². The van der Waals surface area contributed by atoms with E-state index in [-0.39, 0.29) is 23.5 Å². The second kappa shape index (κ2) is 12.1. The zero-order valence-corrected chi connectivity index (χ0v) is 22.3. The zero-order valence-electron chi connectivity index (χ0n) is 22.3. The van der Waals surface area contributed by atoms with Crippen molar-refractivity contribution >= 4 is 16.8 Å². The van der Waals surface area contributed by atoms with Gasteiger partial charge in [0, 0.05) is 43.2 Å². The molecule has 8 nitrogen and oxygen atoms in total. The van der Waals surface area contributed by atoms with Crippen LogP contribution >= 0.6 is 0 Å². The van der Waals surface area contributed by atoms with Gasteiger partial charge in [-0.2, -0.15) is 0 Å². The van der Waals surface area contributed by atoms with Gasteiger partial charge in [-0.15, -0.1) is 0 Å². The van der Waals surface area contributed by atoms with E-state index in [1.165, 1.54) is 53.2 Å². The molecule has 0 bridgehead atoms. The van der Waals surface area contributed by atoms with E-state index < -0.39 is 23.0 Å². The smallest absolute Gasteiger partial charge is 0.266 e. The Morgan fingerprint density at radius 3 is 2.49 bits per heavy atom. The molecule has 0 aliphatic carbocycles. The molecule has 0 spiro atoms. The highest BCUT2D eigenvalue weighted by molar-refractivity contribution is 5.97. The van der Waals surface area contributed by atoms with Crippen molar-refractivity contribution in [3.05, 3.63) is 118 Å². The summed E-state index contributed by atoms with van der Waals surface area (Å²) in [6.07, 6.45) is 1.32. The summed E-state index contributed by atoms with van der Waals surface area (Å²) in [4.78, 5) is 34.9. The number of rotatable bonds is 10. The zero-order chi connectivity index (χ0) is 28.9. The van der Waals surface area contributed by atoms with E-state index in [1.807, 2.05) is 0 Å². The average Bonchev–Trinajstić information content (AvgIpc) is 2.96. The van der Waals surface area contributed by atoms with Gasteiger partial charge in [-0.25, -0.2) is 13.8 Å². The fourth-order valence-corrected chi connectivity index (χ4v) is 4.27. The lowest BCUT2D eigenvalue weighted by molar-refractivity contribution is 0.0991. The number of nitrogens with zero attached hydrogens (tertiary/aromatic N) is 3. The van der Waals surface area contributed by atoms with Crippen molar-refractivity contribution in [3.8, 4) is 23.1 Å². The van der Waals surface area contributed by atoms with Gasteiger partial charge in [-0.3, -0.25) is 19.1 Å². The Bertz CT molecular complexity index is 1790. The maximum absolute atomic E-state index is 15.1. The molecule has 0 saturated carbocycles. The average molecular weight is 558 g/mol. The Balaban J connectivity index is 1.36. The number of aryl methyl sites for hydroxylation is 1. The molecule has 0 aliphatic rings.